The van der Waals surface area contributed by atoms with Gasteiger partial charge in [0.25, 0.3) is 0 Å². The fourth-order valence-electron chi connectivity index (χ4n) is 1.08. The molecule has 1 amide bonds. The molecular weight excluding hydrogens is 210 g/mol. The van der Waals surface area contributed by atoms with Gasteiger partial charge in [0.05, 0.1) is 13.7 Å². The van der Waals surface area contributed by atoms with Gasteiger partial charge in [-0.05, 0) is 17.7 Å². The van der Waals surface area contributed by atoms with Crippen LogP contribution in [-0.2, 0) is 11.3 Å². The van der Waals surface area contributed by atoms with Crippen molar-refractivity contribution in [1.29, 1.82) is 0 Å². The Labute approximate surface area is 94.0 Å². The molecule has 0 fully saturated rings. The van der Waals surface area contributed by atoms with Crippen molar-refractivity contribution in [3.63, 3.8) is 0 Å². The molecule has 0 spiro atoms. The van der Waals surface area contributed by atoms with Gasteiger partial charge in [0.1, 0.15) is 12.4 Å². The van der Waals surface area contributed by atoms with Crippen molar-refractivity contribution in [3.8, 4) is 5.75 Å². The van der Waals surface area contributed by atoms with E-state index in [1.54, 1.807) is 19.2 Å². The zero-order chi connectivity index (χ0) is 11.8. The van der Waals surface area contributed by atoms with Gasteiger partial charge >= 0.3 is 6.09 Å². The molecule has 2 N–H and O–H groups in total. The summed E-state index contributed by atoms with van der Waals surface area (Å²) >= 11 is 0. The van der Waals surface area contributed by atoms with E-state index in [2.05, 4.69) is 5.32 Å². The predicted molar refractivity (Wildman–Crippen MR) is 58.3 cm³/mol. The summed E-state index contributed by atoms with van der Waals surface area (Å²) in [4.78, 5) is 11.0. The van der Waals surface area contributed by atoms with Gasteiger partial charge in [0.2, 0.25) is 0 Å². The lowest BCUT2D eigenvalue weighted by molar-refractivity contribution is 0.137. The van der Waals surface area contributed by atoms with E-state index < -0.39 is 6.09 Å². The first kappa shape index (κ1) is 12.3. The number of benzene rings is 1. The monoisotopic (exact) mass is 225 g/mol. The van der Waals surface area contributed by atoms with E-state index >= 15 is 0 Å². The number of amides is 1. The zero-order valence-electron chi connectivity index (χ0n) is 9.10. The van der Waals surface area contributed by atoms with Gasteiger partial charge in [0.15, 0.2) is 0 Å². The third kappa shape index (κ3) is 4.18. The Bertz CT molecular complexity index is 323. The van der Waals surface area contributed by atoms with Crippen LogP contribution in [0.3, 0.4) is 0 Å². The summed E-state index contributed by atoms with van der Waals surface area (Å²) in [5.41, 5.74) is 0.875. The number of rotatable bonds is 5. The number of methoxy groups -OCH3 is 1. The van der Waals surface area contributed by atoms with Crippen LogP contribution in [0.4, 0.5) is 4.79 Å². The first-order valence-electron chi connectivity index (χ1n) is 4.90. The molecule has 0 bridgehead atoms. The van der Waals surface area contributed by atoms with E-state index in [1.807, 2.05) is 12.1 Å². The smallest absolute Gasteiger partial charge is 0.407 e. The summed E-state index contributed by atoms with van der Waals surface area (Å²) in [5, 5.41) is 10.9. The van der Waals surface area contributed by atoms with Gasteiger partial charge in [-0.15, -0.1) is 0 Å². The summed E-state index contributed by atoms with van der Waals surface area (Å²) in [7, 11) is 1.59. The molecule has 1 aromatic carbocycles. The highest BCUT2D eigenvalue weighted by Gasteiger charge is 2.01. The van der Waals surface area contributed by atoms with Crippen molar-refractivity contribution in [1.82, 2.24) is 5.32 Å². The highest BCUT2D eigenvalue weighted by atomic mass is 16.5. The minimum atomic E-state index is -0.537. The van der Waals surface area contributed by atoms with Gasteiger partial charge in [-0.2, -0.15) is 0 Å². The quantitative estimate of drug-likeness (QED) is 0.781. The molecule has 0 saturated carbocycles. The molecule has 88 valence electrons. The Morgan fingerprint density at radius 2 is 2.06 bits per heavy atom. The molecule has 0 aliphatic carbocycles. The number of ether oxygens (including phenoxy) is 2. The number of carbonyl (C=O) groups is 1. The maximum atomic E-state index is 11.0. The molecule has 0 aliphatic rings. The van der Waals surface area contributed by atoms with Crippen molar-refractivity contribution < 1.29 is 19.4 Å². The number of aliphatic hydroxyl groups is 1. The predicted octanol–water partition coefficient (Wildman–Crippen LogP) is 0.914. The van der Waals surface area contributed by atoms with Crippen LogP contribution in [0, 0.1) is 0 Å². The highest BCUT2D eigenvalue weighted by molar-refractivity contribution is 5.67. The highest BCUT2D eigenvalue weighted by Crippen LogP contribution is 2.11. The molecule has 0 aromatic heterocycles. The SMILES string of the molecule is COc1ccc(COC(=O)NCCO)cc1. The Balaban J connectivity index is 2.33. The lowest BCUT2D eigenvalue weighted by atomic mass is 10.2. The van der Waals surface area contributed by atoms with Crippen molar-refractivity contribution in [2.75, 3.05) is 20.3 Å². The van der Waals surface area contributed by atoms with Crippen LogP contribution in [0.5, 0.6) is 5.75 Å². The second-order valence-corrected chi connectivity index (χ2v) is 3.07. The molecule has 1 rings (SSSR count). The third-order valence-electron chi connectivity index (χ3n) is 1.91. The minimum Gasteiger partial charge on any atom is -0.497 e. The van der Waals surface area contributed by atoms with Crippen molar-refractivity contribution >= 4 is 6.09 Å². The van der Waals surface area contributed by atoms with Crippen LogP contribution < -0.4 is 10.1 Å². The Morgan fingerprint density at radius 1 is 1.38 bits per heavy atom. The molecular formula is C11H15NO4. The molecule has 16 heavy (non-hydrogen) atoms. The fourth-order valence-corrected chi connectivity index (χ4v) is 1.08. The number of alkyl carbamates (subject to hydrolysis) is 1. The molecule has 5 heteroatoms. The van der Waals surface area contributed by atoms with E-state index in [0.29, 0.717) is 0 Å². The van der Waals surface area contributed by atoms with E-state index in [9.17, 15) is 4.79 Å². The van der Waals surface area contributed by atoms with Crippen LogP contribution in [0.25, 0.3) is 0 Å². The average molecular weight is 225 g/mol. The maximum Gasteiger partial charge on any atom is 0.407 e. The molecule has 0 radical (unpaired) electrons. The molecule has 0 saturated heterocycles. The fraction of sp³-hybridized carbons (Fsp3) is 0.364. The van der Waals surface area contributed by atoms with Gasteiger partial charge in [-0.1, -0.05) is 12.1 Å². The van der Waals surface area contributed by atoms with Gasteiger partial charge in [-0.3, -0.25) is 0 Å². The molecule has 1 aromatic rings. The number of hydrogen-bond acceptors (Lipinski definition) is 4. The molecule has 0 aliphatic heterocycles. The normalized spacial score (nSPS) is 9.62. The van der Waals surface area contributed by atoms with Gasteiger partial charge in [0, 0.05) is 6.54 Å². The molecule has 0 heterocycles. The second-order valence-electron chi connectivity index (χ2n) is 3.07. The Morgan fingerprint density at radius 3 is 2.62 bits per heavy atom. The molecule has 5 nitrogen and oxygen atoms in total. The van der Waals surface area contributed by atoms with Crippen molar-refractivity contribution in [2.45, 2.75) is 6.61 Å². The number of hydrogen-bond donors (Lipinski definition) is 2. The van der Waals surface area contributed by atoms with E-state index in [0.717, 1.165) is 11.3 Å². The first-order chi connectivity index (χ1) is 7.76. The van der Waals surface area contributed by atoms with Gasteiger partial charge < -0.3 is 19.9 Å². The van der Waals surface area contributed by atoms with Crippen molar-refractivity contribution in [2.24, 2.45) is 0 Å². The lowest BCUT2D eigenvalue weighted by Gasteiger charge is -2.06. The van der Waals surface area contributed by atoms with E-state index in [1.165, 1.54) is 0 Å². The standard InChI is InChI=1S/C11H15NO4/c1-15-10-4-2-9(3-5-10)8-16-11(14)12-6-7-13/h2-5,13H,6-8H2,1H3,(H,12,14). The average Bonchev–Trinajstić information content (AvgIpc) is 2.34. The van der Waals surface area contributed by atoms with Crippen LogP contribution in [0.1, 0.15) is 5.56 Å². The van der Waals surface area contributed by atoms with Gasteiger partial charge in [-0.25, -0.2) is 4.79 Å². The third-order valence-corrected chi connectivity index (χ3v) is 1.91. The zero-order valence-corrected chi connectivity index (χ0v) is 9.10. The lowest BCUT2D eigenvalue weighted by Crippen LogP contribution is -2.26. The summed E-state index contributed by atoms with van der Waals surface area (Å²) in [6, 6.07) is 7.23. The Hall–Kier alpha value is -1.75. The Kier molecular flexibility index (Phi) is 5.15. The molecule has 0 unspecified atom stereocenters. The van der Waals surface area contributed by atoms with E-state index in [4.69, 9.17) is 14.6 Å². The number of nitrogens with one attached hydrogen (secondary N) is 1. The van der Waals surface area contributed by atoms with Crippen LogP contribution in [-0.4, -0.2) is 31.5 Å². The molecule has 0 atom stereocenters. The van der Waals surface area contributed by atoms with Crippen LogP contribution in [0.2, 0.25) is 0 Å². The number of carbonyl (C=O) groups excluding carboxylic acids is 1. The number of aliphatic hydroxyl groups excluding tert-OH is 1. The van der Waals surface area contributed by atoms with E-state index in [-0.39, 0.29) is 19.8 Å². The summed E-state index contributed by atoms with van der Waals surface area (Å²) in [6.45, 7) is 0.292. The topological polar surface area (TPSA) is 67.8 Å². The van der Waals surface area contributed by atoms with Crippen LogP contribution in [0.15, 0.2) is 24.3 Å². The largest absolute Gasteiger partial charge is 0.497 e. The summed E-state index contributed by atoms with van der Waals surface area (Å²) in [6.07, 6.45) is -0.537. The summed E-state index contributed by atoms with van der Waals surface area (Å²) in [5.74, 6) is 0.758. The first-order valence-corrected chi connectivity index (χ1v) is 4.90. The summed E-state index contributed by atoms with van der Waals surface area (Å²) < 4.78 is 9.90. The maximum absolute atomic E-state index is 11.0. The van der Waals surface area contributed by atoms with Crippen molar-refractivity contribution in [3.05, 3.63) is 29.8 Å². The minimum absolute atomic E-state index is 0.0996. The second kappa shape index (κ2) is 6.68. The van der Waals surface area contributed by atoms with Crippen LogP contribution >= 0.6 is 0 Å².